The number of methoxy groups -OCH3 is 1. The second-order valence-corrected chi connectivity index (χ2v) is 16.4. The van der Waals surface area contributed by atoms with Crippen molar-refractivity contribution in [2.45, 2.75) is 62.5 Å². The summed E-state index contributed by atoms with van der Waals surface area (Å²) in [6, 6.07) is 13.1. The van der Waals surface area contributed by atoms with Crippen molar-refractivity contribution in [1.82, 2.24) is 13.9 Å². The Hall–Kier alpha value is -2.79. The SMILES string of the molecule is COc1ccc(S(=O)(=O)N(C[C@@H](O)[C@H](Cc2ccccc2)N(C(=O)[O-])[C@H]2CO[C@H]3OCC[C@H]32)CC(C)(C)CCNS(C)(=O)=O)cc1. The monoisotopic (exact) mass is 682 g/mol. The van der Waals surface area contributed by atoms with Crippen molar-refractivity contribution in [2.75, 3.05) is 46.2 Å². The number of aliphatic hydroxyl groups excluding tert-OH is 1. The summed E-state index contributed by atoms with van der Waals surface area (Å²) in [6.45, 7) is 3.59. The van der Waals surface area contributed by atoms with Gasteiger partial charge in [-0.2, -0.15) is 4.31 Å². The molecule has 0 spiro atoms. The number of fused-ring (bicyclic) bond motifs is 1. The van der Waals surface area contributed by atoms with Crippen LogP contribution in [-0.2, 0) is 35.9 Å². The second kappa shape index (κ2) is 15.0. The predicted molar refractivity (Wildman–Crippen MR) is 168 cm³/mol. The minimum absolute atomic E-state index is 0.0444. The van der Waals surface area contributed by atoms with E-state index in [-0.39, 0.29) is 43.4 Å². The fourth-order valence-electron chi connectivity index (χ4n) is 6.13. The van der Waals surface area contributed by atoms with Gasteiger partial charge in [0, 0.05) is 25.6 Å². The molecule has 2 saturated heterocycles. The maximum absolute atomic E-state index is 14.2. The molecule has 46 heavy (non-hydrogen) atoms. The highest BCUT2D eigenvalue weighted by molar-refractivity contribution is 7.89. The van der Waals surface area contributed by atoms with Gasteiger partial charge in [0.15, 0.2) is 6.29 Å². The summed E-state index contributed by atoms with van der Waals surface area (Å²) in [5.74, 6) is 0.196. The highest BCUT2D eigenvalue weighted by atomic mass is 32.2. The van der Waals surface area contributed by atoms with Crippen LogP contribution in [0.5, 0.6) is 5.75 Å². The Kier molecular flexibility index (Phi) is 11.7. The van der Waals surface area contributed by atoms with Gasteiger partial charge in [0.1, 0.15) is 11.8 Å². The normalized spacial score (nSPS) is 21.6. The number of amides is 1. The maximum atomic E-state index is 14.2. The van der Waals surface area contributed by atoms with Gasteiger partial charge in [-0.25, -0.2) is 21.6 Å². The quantitative estimate of drug-likeness (QED) is 0.260. The molecule has 2 fully saturated rings. The summed E-state index contributed by atoms with van der Waals surface area (Å²) in [6.07, 6.45) is -1.57. The Balaban J connectivity index is 1.69. The zero-order valence-electron chi connectivity index (χ0n) is 26.6. The Labute approximate surface area is 271 Å². The average Bonchev–Trinajstić information content (AvgIpc) is 3.61. The van der Waals surface area contributed by atoms with Gasteiger partial charge in [0.25, 0.3) is 0 Å². The van der Waals surface area contributed by atoms with E-state index < -0.39 is 62.6 Å². The van der Waals surface area contributed by atoms with Crippen molar-refractivity contribution in [2.24, 2.45) is 11.3 Å². The van der Waals surface area contributed by atoms with Gasteiger partial charge in [-0.15, -0.1) is 0 Å². The number of ether oxygens (including phenoxy) is 3. The first-order valence-electron chi connectivity index (χ1n) is 15.1. The van der Waals surface area contributed by atoms with Crippen LogP contribution in [-0.4, -0.2) is 108 Å². The lowest BCUT2D eigenvalue weighted by atomic mass is 9.89. The maximum Gasteiger partial charge on any atom is 0.243 e. The highest BCUT2D eigenvalue weighted by Gasteiger charge is 2.47. The molecule has 1 amide bonds. The van der Waals surface area contributed by atoms with Crippen LogP contribution in [0, 0.1) is 11.3 Å². The summed E-state index contributed by atoms with van der Waals surface area (Å²) in [5.41, 5.74) is -0.0131. The Morgan fingerprint density at radius 1 is 1.11 bits per heavy atom. The number of nitrogens with zero attached hydrogens (tertiary/aromatic N) is 2. The molecule has 256 valence electrons. The topological polar surface area (TPSA) is 175 Å². The van der Waals surface area contributed by atoms with E-state index >= 15 is 0 Å². The number of carboxylic acid groups (broad SMARTS) is 1. The first-order valence-corrected chi connectivity index (χ1v) is 18.5. The minimum Gasteiger partial charge on any atom is -0.530 e. The van der Waals surface area contributed by atoms with E-state index in [1.165, 1.54) is 31.4 Å². The number of sulfonamides is 2. The number of benzene rings is 2. The fourth-order valence-corrected chi connectivity index (χ4v) is 8.25. The van der Waals surface area contributed by atoms with Crippen LogP contribution in [0.25, 0.3) is 0 Å². The van der Waals surface area contributed by atoms with Crippen molar-refractivity contribution < 1.29 is 46.1 Å². The van der Waals surface area contributed by atoms with Crippen LogP contribution in [0.2, 0.25) is 0 Å². The molecule has 15 heteroatoms. The standard InChI is InChI=1S/C31H45N3O10S2/c1-31(2,15-16-32-45(4,38)39)21-33(46(40,41)24-12-10-23(42-3)11-13-24)19-28(35)26(18-22-8-6-5-7-9-22)34(30(36)37)27-20-44-29-25(27)14-17-43-29/h5-13,25-29,32,35H,14-21H2,1-4H3,(H,36,37)/p-1/t25-,26-,27-,28+,29+/m0/s1. The number of nitrogens with one attached hydrogen (secondary N) is 1. The van der Waals surface area contributed by atoms with Crippen molar-refractivity contribution in [3.05, 3.63) is 60.2 Å². The smallest absolute Gasteiger partial charge is 0.243 e. The zero-order valence-corrected chi connectivity index (χ0v) is 28.2. The number of hydrogen-bond donors (Lipinski definition) is 2. The van der Waals surface area contributed by atoms with Crippen LogP contribution < -0.4 is 14.6 Å². The molecule has 2 aliphatic heterocycles. The lowest BCUT2D eigenvalue weighted by Crippen LogP contribution is -2.61. The first kappa shape index (κ1) is 36.1. The van der Waals surface area contributed by atoms with Gasteiger partial charge in [-0.05, 0) is 54.5 Å². The molecule has 0 radical (unpaired) electrons. The fraction of sp³-hybridized carbons (Fsp3) is 0.581. The molecule has 5 atom stereocenters. The van der Waals surface area contributed by atoms with Crippen molar-refractivity contribution in [3.63, 3.8) is 0 Å². The third kappa shape index (κ3) is 9.18. The van der Waals surface area contributed by atoms with Crippen LogP contribution in [0.15, 0.2) is 59.5 Å². The van der Waals surface area contributed by atoms with Crippen LogP contribution in [0.4, 0.5) is 4.79 Å². The molecule has 2 aromatic rings. The van der Waals surface area contributed by atoms with Crippen LogP contribution in [0.3, 0.4) is 0 Å². The van der Waals surface area contributed by atoms with E-state index in [1.54, 1.807) is 26.0 Å². The lowest BCUT2D eigenvalue weighted by molar-refractivity contribution is -0.273. The molecule has 13 nitrogen and oxygen atoms in total. The van der Waals surface area contributed by atoms with Gasteiger partial charge in [0.2, 0.25) is 20.0 Å². The molecule has 0 saturated carbocycles. The summed E-state index contributed by atoms with van der Waals surface area (Å²) in [5, 5.41) is 24.7. The Morgan fingerprint density at radius 3 is 2.39 bits per heavy atom. The average molecular weight is 683 g/mol. The molecule has 2 N–H and O–H groups in total. The van der Waals surface area contributed by atoms with Gasteiger partial charge in [0.05, 0.1) is 49.7 Å². The van der Waals surface area contributed by atoms with E-state index in [0.717, 1.165) is 21.0 Å². The van der Waals surface area contributed by atoms with Crippen molar-refractivity contribution in [3.8, 4) is 5.75 Å². The van der Waals surface area contributed by atoms with Crippen LogP contribution >= 0.6 is 0 Å². The molecule has 2 aliphatic rings. The molecule has 0 unspecified atom stereocenters. The number of aliphatic hydroxyl groups is 1. The Morgan fingerprint density at radius 2 is 1.78 bits per heavy atom. The number of carbonyl (C=O) groups is 1. The number of carbonyl (C=O) groups excluding carboxylic acids is 1. The highest BCUT2D eigenvalue weighted by Crippen LogP contribution is 2.36. The Bertz CT molecular complexity index is 1520. The molecule has 2 aromatic carbocycles. The minimum atomic E-state index is -4.24. The van der Waals surface area contributed by atoms with E-state index in [4.69, 9.17) is 14.2 Å². The predicted octanol–water partition coefficient (Wildman–Crippen LogP) is 1.03. The molecular formula is C31H44N3O10S2-. The summed E-state index contributed by atoms with van der Waals surface area (Å²) in [4.78, 5) is 13.9. The van der Waals surface area contributed by atoms with E-state index in [0.29, 0.717) is 18.8 Å². The van der Waals surface area contributed by atoms with Gasteiger partial charge >= 0.3 is 0 Å². The summed E-state index contributed by atoms with van der Waals surface area (Å²) < 4.78 is 71.8. The van der Waals surface area contributed by atoms with Crippen molar-refractivity contribution >= 4 is 26.1 Å². The molecule has 0 aliphatic carbocycles. The molecule has 0 bridgehead atoms. The van der Waals surface area contributed by atoms with Crippen LogP contribution in [0.1, 0.15) is 32.3 Å². The molecular weight excluding hydrogens is 638 g/mol. The second-order valence-electron chi connectivity index (χ2n) is 12.6. The van der Waals surface area contributed by atoms with E-state index in [9.17, 15) is 31.8 Å². The third-order valence-corrected chi connectivity index (χ3v) is 11.1. The molecule has 4 rings (SSSR count). The van der Waals surface area contributed by atoms with E-state index in [1.807, 2.05) is 18.2 Å². The van der Waals surface area contributed by atoms with Gasteiger partial charge in [-0.3, -0.25) is 0 Å². The van der Waals surface area contributed by atoms with Crippen molar-refractivity contribution in [1.29, 1.82) is 0 Å². The van der Waals surface area contributed by atoms with Gasteiger partial charge in [-0.1, -0.05) is 44.2 Å². The van der Waals surface area contributed by atoms with E-state index in [2.05, 4.69) is 4.72 Å². The summed E-state index contributed by atoms with van der Waals surface area (Å²) in [7, 11) is -6.24. The zero-order chi connectivity index (χ0) is 33.7. The number of rotatable bonds is 16. The first-order chi connectivity index (χ1) is 21.6. The van der Waals surface area contributed by atoms with Gasteiger partial charge < -0.3 is 34.1 Å². The number of hydrogen-bond acceptors (Lipinski definition) is 10. The third-order valence-electron chi connectivity index (χ3n) is 8.52. The summed E-state index contributed by atoms with van der Waals surface area (Å²) >= 11 is 0. The molecule has 0 aromatic heterocycles. The lowest BCUT2D eigenvalue weighted by Gasteiger charge is -2.43. The molecule has 2 heterocycles. The largest absolute Gasteiger partial charge is 0.530 e.